The fourth-order valence-corrected chi connectivity index (χ4v) is 1.85. The maximum atomic E-state index is 12.8. The second-order valence-electron chi connectivity index (χ2n) is 4.29. The Morgan fingerprint density at radius 1 is 1.21 bits per heavy atom. The molecule has 1 aromatic heterocycles. The molecule has 0 aliphatic carbocycles. The van der Waals surface area contributed by atoms with Crippen LogP contribution in [0.2, 0.25) is 0 Å². The molecule has 102 valence electrons. The lowest BCUT2D eigenvalue weighted by Gasteiger charge is -2.13. The molecule has 0 saturated heterocycles. The Balaban J connectivity index is 2.66. The smallest absolute Gasteiger partial charge is 0.369 e. The molecule has 0 aliphatic rings. The first-order chi connectivity index (χ1) is 8.93. The van der Waals surface area contributed by atoms with Gasteiger partial charge >= 0.3 is 6.18 Å². The predicted octanol–water partition coefficient (Wildman–Crippen LogP) is 3.78. The molecule has 2 rings (SSSR count). The van der Waals surface area contributed by atoms with Crippen molar-refractivity contribution in [2.24, 2.45) is 0 Å². The second-order valence-corrected chi connectivity index (χ2v) is 4.29. The van der Waals surface area contributed by atoms with Gasteiger partial charge in [0.2, 0.25) is 5.82 Å². The molecular formula is C13H14F3N3. The van der Waals surface area contributed by atoms with E-state index in [1.807, 2.05) is 19.9 Å². The van der Waals surface area contributed by atoms with Crippen molar-refractivity contribution in [2.45, 2.75) is 26.4 Å². The number of aryl methyl sites for hydroxylation is 1. The quantitative estimate of drug-likeness (QED) is 0.921. The van der Waals surface area contributed by atoms with Crippen molar-refractivity contribution in [3.8, 4) is 0 Å². The number of anilines is 1. The zero-order valence-corrected chi connectivity index (χ0v) is 10.7. The number of alkyl halides is 3. The summed E-state index contributed by atoms with van der Waals surface area (Å²) in [7, 11) is 0. The highest BCUT2D eigenvalue weighted by atomic mass is 19.4. The van der Waals surface area contributed by atoms with E-state index in [0.29, 0.717) is 17.4 Å². The summed E-state index contributed by atoms with van der Waals surface area (Å²) in [5.41, 5.74) is 1.16. The van der Waals surface area contributed by atoms with E-state index in [1.165, 1.54) is 0 Å². The van der Waals surface area contributed by atoms with Gasteiger partial charge in [0.15, 0.2) is 0 Å². The van der Waals surface area contributed by atoms with Crippen LogP contribution in [0.5, 0.6) is 0 Å². The highest BCUT2D eigenvalue weighted by Crippen LogP contribution is 2.31. The molecule has 0 bridgehead atoms. The van der Waals surface area contributed by atoms with Crippen molar-refractivity contribution in [2.75, 3.05) is 11.9 Å². The van der Waals surface area contributed by atoms with E-state index in [4.69, 9.17) is 0 Å². The van der Waals surface area contributed by atoms with Crippen molar-refractivity contribution < 1.29 is 13.2 Å². The van der Waals surface area contributed by atoms with Crippen molar-refractivity contribution >= 4 is 16.7 Å². The van der Waals surface area contributed by atoms with Crippen LogP contribution in [0.15, 0.2) is 18.2 Å². The maximum absolute atomic E-state index is 12.8. The number of nitrogens with one attached hydrogen (secondary N) is 1. The Hall–Kier alpha value is -1.85. The first kappa shape index (κ1) is 13.6. The summed E-state index contributed by atoms with van der Waals surface area (Å²) in [6.07, 6.45) is -3.74. The number of halogens is 3. The number of benzene rings is 1. The summed E-state index contributed by atoms with van der Waals surface area (Å²) in [5, 5.41) is 3.58. The van der Waals surface area contributed by atoms with Crippen LogP contribution in [0.1, 0.15) is 24.7 Å². The van der Waals surface area contributed by atoms with Gasteiger partial charge in [-0.05, 0) is 25.0 Å². The summed E-state index contributed by atoms with van der Waals surface area (Å²) in [6, 6.07) is 5.08. The van der Waals surface area contributed by atoms with E-state index in [9.17, 15) is 13.2 Å². The summed E-state index contributed by atoms with van der Waals surface area (Å²) in [6.45, 7) is 4.34. The molecule has 0 radical (unpaired) electrons. The summed E-state index contributed by atoms with van der Waals surface area (Å²) < 4.78 is 38.3. The molecule has 1 heterocycles. The van der Waals surface area contributed by atoms with Gasteiger partial charge in [-0.15, -0.1) is 0 Å². The van der Waals surface area contributed by atoms with Crippen LogP contribution >= 0.6 is 0 Å². The fourth-order valence-electron chi connectivity index (χ4n) is 1.85. The molecule has 19 heavy (non-hydrogen) atoms. The van der Waals surface area contributed by atoms with Gasteiger partial charge in [-0.2, -0.15) is 13.2 Å². The third kappa shape index (κ3) is 2.77. The molecule has 0 fully saturated rings. The number of hydrogen-bond donors (Lipinski definition) is 1. The first-order valence-electron chi connectivity index (χ1n) is 6.02. The van der Waals surface area contributed by atoms with Crippen LogP contribution in [-0.4, -0.2) is 16.5 Å². The molecule has 1 N–H and O–H groups in total. The topological polar surface area (TPSA) is 37.8 Å². The Morgan fingerprint density at radius 3 is 2.58 bits per heavy atom. The van der Waals surface area contributed by atoms with E-state index >= 15 is 0 Å². The lowest BCUT2D eigenvalue weighted by atomic mass is 10.1. The third-order valence-corrected chi connectivity index (χ3v) is 2.73. The Bertz CT molecular complexity index is 593. The van der Waals surface area contributed by atoms with Gasteiger partial charge in [0.25, 0.3) is 0 Å². The fraction of sp³-hybridized carbons (Fsp3) is 0.385. The van der Waals surface area contributed by atoms with E-state index in [0.717, 1.165) is 12.0 Å². The van der Waals surface area contributed by atoms with Gasteiger partial charge in [-0.3, -0.25) is 0 Å². The molecule has 0 saturated carbocycles. The minimum absolute atomic E-state index is 0.247. The summed E-state index contributed by atoms with van der Waals surface area (Å²) in [4.78, 5) is 7.22. The van der Waals surface area contributed by atoms with Crippen LogP contribution in [0.3, 0.4) is 0 Å². The minimum atomic E-state index is -4.54. The summed E-state index contributed by atoms with van der Waals surface area (Å²) >= 11 is 0. The van der Waals surface area contributed by atoms with Gasteiger partial charge in [0.1, 0.15) is 5.82 Å². The molecule has 2 aromatic rings. The normalized spacial score (nSPS) is 11.8. The van der Waals surface area contributed by atoms with Gasteiger partial charge in [0, 0.05) is 11.9 Å². The molecule has 0 atom stereocenters. The zero-order chi connectivity index (χ0) is 14.0. The number of hydrogen-bond acceptors (Lipinski definition) is 3. The van der Waals surface area contributed by atoms with E-state index in [-0.39, 0.29) is 5.82 Å². The van der Waals surface area contributed by atoms with Crippen molar-refractivity contribution in [3.05, 3.63) is 29.6 Å². The van der Waals surface area contributed by atoms with Gasteiger partial charge in [-0.25, -0.2) is 9.97 Å². The van der Waals surface area contributed by atoms with Gasteiger partial charge in [-0.1, -0.05) is 19.1 Å². The van der Waals surface area contributed by atoms with Gasteiger partial charge in [0.05, 0.1) is 5.52 Å². The molecule has 3 nitrogen and oxygen atoms in total. The highest BCUT2D eigenvalue weighted by Gasteiger charge is 2.35. The number of aromatic nitrogens is 2. The third-order valence-electron chi connectivity index (χ3n) is 2.73. The van der Waals surface area contributed by atoms with E-state index < -0.39 is 12.0 Å². The Labute approximate surface area is 108 Å². The number of nitrogens with zero attached hydrogens (tertiary/aromatic N) is 2. The van der Waals surface area contributed by atoms with Crippen LogP contribution in [0.4, 0.5) is 19.0 Å². The number of rotatable bonds is 3. The Morgan fingerprint density at radius 2 is 1.95 bits per heavy atom. The predicted molar refractivity (Wildman–Crippen MR) is 68.1 cm³/mol. The zero-order valence-electron chi connectivity index (χ0n) is 10.7. The minimum Gasteiger partial charge on any atom is -0.369 e. The SMILES string of the molecule is CCCNc1nc(C(F)(F)F)nc2cccc(C)c12. The molecule has 0 amide bonds. The van der Waals surface area contributed by atoms with Crippen LogP contribution in [0.25, 0.3) is 10.9 Å². The van der Waals surface area contributed by atoms with Gasteiger partial charge < -0.3 is 5.32 Å². The van der Waals surface area contributed by atoms with E-state index in [2.05, 4.69) is 15.3 Å². The molecule has 0 aliphatic heterocycles. The molecule has 0 unspecified atom stereocenters. The lowest BCUT2D eigenvalue weighted by molar-refractivity contribution is -0.144. The second kappa shape index (κ2) is 5.03. The first-order valence-corrected chi connectivity index (χ1v) is 6.02. The van der Waals surface area contributed by atoms with Crippen molar-refractivity contribution in [1.29, 1.82) is 0 Å². The molecular weight excluding hydrogens is 255 g/mol. The van der Waals surface area contributed by atoms with Crippen LogP contribution in [0, 0.1) is 6.92 Å². The average Bonchev–Trinajstić information content (AvgIpc) is 2.34. The molecule has 1 aromatic carbocycles. The molecule has 0 spiro atoms. The monoisotopic (exact) mass is 269 g/mol. The summed E-state index contributed by atoms with van der Waals surface area (Å²) in [5.74, 6) is -0.860. The molecule has 6 heteroatoms. The lowest BCUT2D eigenvalue weighted by Crippen LogP contribution is -2.14. The van der Waals surface area contributed by atoms with Crippen LogP contribution < -0.4 is 5.32 Å². The van der Waals surface area contributed by atoms with Crippen LogP contribution in [-0.2, 0) is 6.18 Å². The maximum Gasteiger partial charge on any atom is 0.451 e. The number of fused-ring (bicyclic) bond motifs is 1. The van der Waals surface area contributed by atoms with Crippen molar-refractivity contribution in [1.82, 2.24) is 9.97 Å². The standard InChI is InChI=1S/C13H14F3N3/c1-3-7-17-11-10-8(2)5-4-6-9(10)18-12(19-11)13(14,15)16/h4-6H,3,7H2,1-2H3,(H,17,18,19). The largest absolute Gasteiger partial charge is 0.451 e. The van der Waals surface area contributed by atoms with E-state index in [1.54, 1.807) is 12.1 Å². The van der Waals surface area contributed by atoms with Crippen molar-refractivity contribution in [3.63, 3.8) is 0 Å². The Kier molecular flexibility index (Phi) is 3.59. The highest BCUT2D eigenvalue weighted by molar-refractivity contribution is 5.92. The average molecular weight is 269 g/mol.